The summed E-state index contributed by atoms with van der Waals surface area (Å²) < 4.78 is 16.2. The van der Waals surface area contributed by atoms with Crippen LogP contribution in [0.1, 0.15) is 24.0 Å². The quantitative estimate of drug-likeness (QED) is 0.661. The van der Waals surface area contributed by atoms with Crippen molar-refractivity contribution in [3.63, 3.8) is 0 Å². The Hall–Kier alpha value is -3.26. The van der Waals surface area contributed by atoms with Crippen LogP contribution in [0.5, 0.6) is 17.2 Å². The van der Waals surface area contributed by atoms with Crippen molar-refractivity contribution in [1.82, 2.24) is 5.32 Å². The van der Waals surface area contributed by atoms with E-state index in [2.05, 4.69) is 10.6 Å². The Morgan fingerprint density at radius 2 is 1.90 bits per heavy atom. The zero-order valence-electron chi connectivity index (χ0n) is 16.7. The van der Waals surface area contributed by atoms with Crippen LogP contribution in [0, 0.1) is 0 Å². The number of anilines is 1. The molecule has 1 aliphatic heterocycles. The maximum atomic E-state index is 12.3. The summed E-state index contributed by atoms with van der Waals surface area (Å²) in [5.74, 6) is 0.197. The molecule has 0 radical (unpaired) electrons. The average Bonchev–Trinajstić information content (AvgIpc) is 2.77. The van der Waals surface area contributed by atoms with Gasteiger partial charge in [-0.05, 0) is 54.7 Å². The van der Waals surface area contributed by atoms with E-state index < -0.39 is 17.4 Å². The van der Waals surface area contributed by atoms with Crippen LogP contribution in [0.15, 0.2) is 36.4 Å². The van der Waals surface area contributed by atoms with E-state index in [4.69, 9.17) is 14.2 Å². The lowest BCUT2D eigenvalue weighted by molar-refractivity contribution is -0.137. The number of hydrogen-bond acceptors (Lipinski definition) is 6. The van der Waals surface area contributed by atoms with Crippen molar-refractivity contribution in [2.24, 2.45) is 0 Å². The molecule has 2 aliphatic rings. The van der Waals surface area contributed by atoms with Crippen LogP contribution in [0.2, 0.25) is 0 Å². The van der Waals surface area contributed by atoms with E-state index in [9.17, 15) is 14.7 Å². The first-order valence-corrected chi connectivity index (χ1v) is 9.87. The van der Waals surface area contributed by atoms with Crippen LogP contribution >= 0.6 is 0 Å². The van der Waals surface area contributed by atoms with Gasteiger partial charge in [0.2, 0.25) is 0 Å². The molecule has 0 fully saturated rings. The first-order valence-electron chi connectivity index (χ1n) is 9.87. The molecule has 3 N–H and O–H groups in total. The van der Waals surface area contributed by atoms with Crippen molar-refractivity contribution >= 4 is 17.5 Å². The van der Waals surface area contributed by atoms with Crippen molar-refractivity contribution in [2.45, 2.75) is 24.9 Å². The monoisotopic (exact) mass is 412 g/mol. The zero-order chi connectivity index (χ0) is 21.1. The molecule has 1 heterocycles. The molecule has 158 valence electrons. The predicted octanol–water partition coefficient (Wildman–Crippen LogP) is 1.75. The smallest absolute Gasteiger partial charge is 0.313 e. The minimum Gasteiger partial charge on any atom is -0.497 e. The van der Waals surface area contributed by atoms with Gasteiger partial charge in [-0.15, -0.1) is 0 Å². The zero-order valence-corrected chi connectivity index (χ0v) is 16.7. The fraction of sp³-hybridized carbons (Fsp3) is 0.364. The SMILES string of the molecule is COc1ccc2c(c1)CCCC2(O)CNC(=O)C(=O)Nc1ccc2c(c1)OCCO2. The number of aliphatic hydroxyl groups is 1. The second-order valence-electron chi connectivity index (χ2n) is 7.40. The Kier molecular flexibility index (Phi) is 5.50. The Morgan fingerprint density at radius 3 is 2.70 bits per heavy atom. The lowest BCUT2D eigenvalue weighted by atomic mass is 9.79. The van der Waals surface area contributed by atoms with E-state index in [0.717, 1.165) is 29.7 Å². The van der Waals surface area contributed by atoms with Crippen LogP contribution in [0.25, 0.3) is 0 Å². The number of methoxy groups -OCH3 is 1. The number of ether oxygens (including phenoxy) is 3. The minimum absolute atomic E-state index is 0.0558. The van der Waals surface area contributed by atoms with Crippen LogP contribution in [0.3, 0.4) is 0 Å². The Labute approximate surface area is 174 Å². The highest BCUT2D eigenvalue weighted by Crippen LogP contribution is 2.36. The summed E-state index contributed by atoms with van der Waals surface area (Å²) in [6.07, 6.45) is 2.10. The average molecular weight is 412 g/mol. The lowest BCUT2D eigenvalue weighted by Crippen LogP contribution is -2.46. The molecule has 4 rings (SSSR count). The first kappa shape index (κ1) is 20.0. The maximum Gasteiger partial charge on any atom is 0.313 e. The van der Waals surface area contributed by atoms with Crippen LogP contribution in [0.4, 0.5) is 5.69 Å². The third kappa shape index (κ3) is 4.04. The van der Waals surface area contributed by atoms with Crippen molar-refractivity contribution in [3.05, 3.63) is 47.5 Å². The largest absolute Gasteiger partial charge is 0.497 e. The molecule has 2 amide bonds. The molecule has 0 spiro atoms. The van der Waals surface area contributed by atoms with Crippen LogP contribution in [-0.4, -0.2) is 43.8 Å². The van der Waals surface area contributed by atoms with E-state index in [1.54, 1.807) is 31.4 Å². The highest BCUT2D eigenvalue weighted by Gasteiger charge is 2.35. The third-order valence-corrected chi connectivity index (χ3v) is 5.40. The molecular formula is C22H24N2O6. The van der Waals surface area contributed by atoms with Gasteiger partial charge in [-0.3, -0.25) is 9.59 Å². The second kappa shape index (κ2) is 8.23. The van der Waals surface area contributed by atoms with Gasteiger partial charge in [-0.2, -0.15) is 0 Å². The van der Waals surface area contributed by atoms with Crippen LogP contribution in [-0.2, 0) is 21.6 Å². The number of rotatable bonds is 4. The lowest BCUT2D eigenvalue weighted by Gasteiger charge is -2.34. The second-order valence-corrected chi connectivity index (χ2v) is 7.40. The van der Waals surface area contributed by atoms with Crippen molar-refractivity contribution in [1.29, 1.82) is 0 Å². The van der Waals surface area contributed by atoms with Gasteiger partial charge in [0.1, 0.15) is 24.6 Å². The summed E-state index contributed by atoms with van der Waals surface area (Å²) in [6.45, 7) is 0.844. The molecule has 1 aliphatic carbocycles. The number of amides is 2. The highest BCUT2D eigenvalue weighted by molar-refractivity contribution is 6.39. The van der Waals surface area contributed by atoms with E-state index in [1.807, 2.05) is 12.1 Å². The number of aryl methyl sites for hydroxylation is 1. The van der Waals surface area contributed by atoms with Crippen molar-refractivity contribution in [3.8, 4) is 17.2 Å². The molecule has 0 bridgehead atoms. The van der Waals surface area contributed by atoms with Gasteiger partial charge in [0.05, 0.1) is 13.7 Å². The summed E-state index contributed by atoms with van der Waals surface area (Å²) in [5.41, 5.74) is 0.931. The van der Waals surface area contributed by atoms with E-state index in [1.165, 1.54) is 0 Å². The molecule has 8 nitrogen and oxygen atoms in total. The minimum atomic E-state index is -1.23. The number of benzene rings is 2. The molecule has 2 aromatic carbocycles. The summed E-state index contributed by atoms with van der Waals surface area (Å²) >= 11 is 0. The standard InChI is InChI=1S/C22H24N2O6/c1-28-16-5-6-17-14(11-16)3-2-8-22(17,27)13-23-20(25)21(26)24-15-4-7-18-19(12-15)30-10-9-29-18/h4-7,11-12,27H,2-3,8-10,13H2,1H3,(H,23,25)(H,24,26). The van der Waals surface area contributed by atoms with Gasteiger partial charge in [0.15, 0.2) is 11.5 Å². The van der Waals surface area contributed by atoms with Crippen molar-refractivity contribution in [2.75, 3.05) is 32.2 Å². The summed E-state index contributed by atoms with van der Waals surface area (Å²) in [7, 11) is 1.59. The van der Waals surface area contributed by atoms with Gasteiger partial charge >= 0.3 is 11.8 Å². The normalized spacial score (nSPS) is 19.4. The Morgan fingerprint density at radius 1 is 1.10 bits per heavy atom. The Balaban J connectivity index is 1.39. The van der Waals surface area contributed by atoms with Gasteiger partial charge < -0.3 is 30.0 Å². The predicted molar refractivity (Wildman–Crippen MR) is 109 cm³/mol. The van der Waals surface area contributed by atoms with Gasteiger partial charge in [-0.25, -0.2) is 0 Å². The molecule has 0 aromatic heterocycles. The molecule has 0 saturated carbocycles. The van der Waals surface area contributed by atoms with Gasteiger partial charge in [-0.1, -0.05) is 6.07 Å². The topological polar surface area (TPSA) is 106 Å². The number of carbonyl (C=O) groups is 2. The molecule has 30 heavy (non-hydrogen) atoms. The number of fused-ring (bicyclic) bond motifs is 2. The fourth-order valence-electron chi connectivity index (χ4n) is 3.86. The summed E-state index contributed by atoms with van der Waals surface area (Å²) in [4.78, 5) is 24.6. The maximum absolute atomic E-state index is 12.3. The molecule has 1 atom stereocenters. The third-order valence-electron chi connectivity index (χ3n) is 5.40. The number of carbonyl (C=O) groups excluding carboxylic acids is 2. The van der Waals surface area contributed by atoms with Gasteiger partial charge in [0, 0.05) is 11.8 Å². The molecule has 8 heteroatoms. The summed E-state index contributed by atoms with van der Waals surface area (Å²) in [5, 5.41) is 16.2. The van der Waals surface area contributed by atoms with Crippen LogP contribution < -0.4 is 24.8 Å². The molecular weight excluding hydrogens is 388 g/mol. The number of nitrogens with one attached hydrogen (secondary N) is 2. The van der Waals surface area contributed by atoms with E-state index in [-0.39, 0.29) is 6.54 Å². The molecule has 0 saturated heterocycles. The number of hydrogen-bond donors (Lipinski definition) is 3. The summed E-state index contributed by atoms with van der Waals surface area (Å²) in [6, 6.07) is 10.4. The Bertz CT molecular complexity index is 976. The molecule has 2 aromatic rings. The van der Waals surface area contributed by atoms with E-state index in [0.29, 0.717) is 36.8 Å². The van der Waals surface area contributed by atoms with E-state index >= 15 is 0 Å². The highest BCUT2D eigenvalue weighted by atomic mass is 16.6. The van der Waals surface area contributed by atoms with Crippen molar-refractivity contribution < 1.29 is 28.9 Å². The first-order chi connectivity index (χ1) is 14.5. The molecule has 1 unspecified atom stereocenters. The van der Waals surface area contributed by atoms with Gasteiger partial charge in [0.25, 0.3) is 0 Å². The fourth-order valence-corrected chi connectivity index (χ4v) is 3.86.